The van der Waals surface area contributed by atoms with E-state index in [-0.39, 0.29) is 11.7 Å². The van der Waals surface area contributed by atoms with E-state index in [1.54, 1.807) is 12.1 Å². The number of nitrogens with zero attached hydrogens (tertiary/aromatic N) is 2. The lowest BCUT2D eigenvalue weighted by Crippen LogP contribution is -2.25. The first-order valence-corrected chi connectivity index (χ1v) is 9.68. The third kappa shape index (κ3) is 4.69. The van der Waals surface area contributed by atoms with E-state index in [1.165, 1.54) is 12.1 Å². The van der Waals surface area contributed by atoms with Crippen molar-refractivity contribution < 1.29 is 9.18 Å². The van der Waals surface area contributed by atoms with Crippen LogP contribution in [-0.4, -0.2) is 15.5 Å². The van der Waals surface area contributed by atoms with Crippen LogP contribution in [0.15, 0.2) is 78.9 Å². The predicted octanol–water partition coefficient (Wildman–Crippen LogP) is 4.47. The third-order valence-corrected chi connectivity index (χ3v) is 4.91. The molecular formula is C24H22FN3O. The second-order valence-electron chi connectivity index (χ2n) is 6.99. The largest absolute Gasteiger partial charge is 0.349 e. The molecule has 1 heterocycles. The molecule has 0 atom stereocenters. The number of hydrogen-bond donors (Lipinski definition) is 1. The first-order chi connectivity index (χ1) is 14.2. The average Bonchev–Trinajstić information content (AvgIpc) is 3.10. The molecule has 4 aromatic rings. The number of nitrogens with one attached hydrogen (secondary N) is 1. The summed E-state index contributed by atoms with van der Waals surface area (Å²) in [6.45, 7) is 0.916. The molecule has 0 radical (unpaired) electrons. The molecule has 0 saturated heterocycles. The van der Waals surface area contributed by atoms with Crippen molar-refractivity contribution in [3.05, 3.63) is 102 Å². The summed E-state index contributed by atoms with van der Waals surface area (Å²) in [5.41, 5.74) is 3.99. The van der Waals surface area contributed by atoms with Crippen molar-refractivity contribution in [2.24, 2.45) is 0 Å². The number of carbonyl (C=O) groups is 1. The van der Waals surface area contributed by atoms with Gasteiger partial charge in [0.2, 0.25) is 5.91 Å². The summed E-state index contributed by atoms with van der Waals surface area (Å²) in [5, 5.41) is 2.98. The Morgan fingerprint density at radius 3 is 2.41 bits per heavy atom. The molecule has 1 N–H and O–H groups in total. The molecule has 5 heteroatoms. The van der Waals surface area contributed by atoms with Gasteiger partial charge in [0, 0.05) is 13.0 Å². The van der Waals surface area contributed by atoms with Crippen LogP contribution in [0.3, 0.4) is 0 Å². The minimum atomic E-state index is -0.254. The molecule has 29 heavy (non-hydrogen) atoms. The van der Waals surface area contributed by atoms with Gasteiger partial charge in [-0.25, -0.2) is 9.37 Å². The molecule has 1 amide bonds. The van der Waals surface area contributed by atoms with Crippen LogP contribution >= 0.6 is 0 Å². The molecule has 4 nitrogen and oxygen atoms in total. The van der Waals surface area contributed by atoms with Gasteiger partial charge in [-0.15, -0.1) is 0 Å². The minimum absolute atomic E-state index is 0.00533. The van der Waals surface area contributed by atoms with Crippen molar-refractivity contribution in [3.8, 4) is 0 Å². The molecule has 3 aromatic carbocycles. The van der Waals surface area contributed by atoms with Crippen molar-refractivity contribution in [3.63, 3.8) is 0 Å². The van der Waals surface area contributed by atoms with E-state index in [1.807, 2.05) is 54.6 Å². The van der Waals surface area contributed by atoms with Crippen molar-refractivity contribution in [2.45, 2.75) is 25.9 Å². The fraction of sp³-hybridized carbons (Fsp3) is 0.167. The van der Waals surface area contributed by atoms with Gasteiger partial charge in [0.1, 0.15) is 11.6 Å². The van der Waals surface area contributed by atoms with E-state index in [2.05, 4.69) is 9.88 Å². The number of aryl methyl sites for hydroxylation is 1. The fourth-order valence-electron chi connectivity index (χ4n) is 3.38. The second kappa shape index (κ2) is 8.69. The topological polar surface area (TPSA) is 46.9 Å². The van der Waals surface area contributed by atoms with Gasteiger partial charge in [-0.05, 0) is 41.8 Å². The number of para-hydroxylation sites is 2. The third-order valence-electron chi connectivity index (χ3n) is 4.91. The van der Waals surface area contributed by atoms with Gasteiger partial charge in [-0.3, -0.25) is 4.79 Å². The van der Waals surface area contributed by atoms with Crippen LogP contribution in [0.1, 0.15) is 23.4 Å². The summed E-state index contributed by atoms with van der Waals surface area (Å²) in [6.07, 6.45) is 1.14. The van der Waals surface area contributed by atoms with Gasteiger partial charge < -0.3 is 9.88 Å². The molecule has 0 aliphatic heterocycles. The van der Waals surface area contributed by atoms with E-state index in [0.29, 0.717) is 25.9 Å². The van der Waals surface area contributed by atoms with Gasteiger partial charge in [0.05, 0.1) is 17.6 Å². The molecule has 0 fully saturated rings. The molecule has 0 unspecified atom stereocenters. The quantitative estimate of drug-likeness (QED) is 0.508. The first-order valence-electron chi connectivity index (χ1n) is 9.68. The number of rotatable bonds is 7. The summed E-state index contributed by atoms with van der Waals surface area (Å²) in [7, 11) is 0. The first kappa shape index (κ1) is 18.9. The molecule has 0 aliphatic rings. The Morgan fingerprint density at radius 1 is 0.897 bits per heavy atom. The van der Waals surface area contributed by atoms with Crippen LogP contribution in [-0.2, 0) is 24.3 Å². The number of benzene rings is 3. The summed E-state index contributed by atoms with van der Waals surface area (Å²) in [5.74, 6) is 0.521. The van der Waals surface area contributed by atoms with E-state index in [0.717, 1.165) is 28.0 Å². The summed E-state index contributed by atoms with van der Waals surface area (Å²) in [4.78, 5) is 17.0. The van der Waals surface area contributed by atoms with Crippen LogP contribution in [0.4, 0.5) is 4.39 Å². The molecule has 146 valence electrons. The lowest BCUT2D eigenvalue weighted by atomic mass is 10.1. The van der Waals surface area contributed by atoms with Gasteiger partial charge in [0.15, 0.2) is 0 Å². The van der Waals surface area contributed by atoms with E-state index < -0.39 is 0 Å². The molecular weight excluding hydrogens is 365 g/mol. The number of hydrogen-bond acceptors (Lipinski definition) is 2. The summed E-state index contributed by atoms with van der Waals surface area (Å²) >= 11 is 0. The Kier molecular flexibility index (Phi) is 5.66. The SMILES string of the molecule is O=C(CCc1ccccc1)NCc1nc2ccccc2n1Cc1ccc(F)cc1. The molecule has 1 aromatic heterocycles. The lowest BCUT2D eigenvalue weighted by molar-refractivity contribution is -0.121. The molecule has 4 rings (SSSR count). The highest BCUT2D eigenvalue weighted by Gasteiger charge is 2.12. The van der Waals surface area contributed by atoms with Gasteiger partial charge in [0.25, 0.3) is 0 Å². The molecule has 0 saturated carbocycles. The zero-order valence-corrected chi connectivity index (χ0v) is 16.0. The van der Waals surface area contributed by atoms with Crippen LogP contribution in [0.5, 0.6) is 0 Å². The Bertz CT molecular complexity index is 1100. The van der Waals surface area contributed by atoms with Gasteiger partial charge >= 0.3 is 0 Å². The lowest BCUT2D eigenvalue weighted by Gasteiger charge is -2.11. The zero-order chi connectivity index (χ0) is 20.1. The van der Waals surface area contributed by atoms with E-state index in [9.17, 15) is 9.18 Å². The van der Waals surface area contributed by atoms with Crippen molar-refractivity contribution in [1.82, 2.24) is 14.9 Å². The molecule has 0 bridgehead atoms. The van der Waals surface area contributed by atoms with Crippen LogP contribution in [0, 0.1) is 5.82 Å². The number of amides is 1. The zero-order valence-electron chi connectivity index (χ0n) is 16.0. The summed E-state index contributed by atoms with van der Waals surface area (Å²) in [6, 6.07) is 24.3. The van der Waals surface area contributed by atoms with Gasteiger partial charge in [-0.2, -0.15) is 0 Å². The Morgan fingerprint density at radius 2 is 1.62 bits per heavy atom. The van der Waals surface area contributed by atoms with Crippen LogP contribution in [0.2, 0.25) is 0 Å². The van der Waals surface area contributed by atoms with Crippen molar-refractivity contribution in [2.75, 3.05) is 0 Å². The maximum Gasteiger partial charge on any atom is 0.220 e. The van der Waals surface area contributed by atoms with E-state index >= 15 is 0 Å². The number of carbonyl (C=O) groups excluding carboxylic acids is 1. The van der Waals surface area contributed by atoms with Crippen molar-refractivity contribution in [1.29, 1.82) is 0 Å². The maximum atomic E-state index is 13.2. The Balaban J connectivity index is 1.47. The number of halogens is 1. The molecule has 0 spiro atoms. The van der Waals surface area contributed by atoms with Crippen LogP contribution < -0.4 is 5.32 Å². The smallest absolute Gasteiger partial charge is 0.220 e. The fourth-order valence-corrected chi connectivity index (χ4v) is 3.38. The monoisotopic (exact) mass is 387 g/mol. The number of aromatic nitrogens is 2. The minimum Gasteiger partial charge on any atom is -0.349 e. The Hall–Kier alpha value is -3.47. The highest BCUT2D eigenvalue weighted by atomic mass is 19.1. The standard InChI is InChI=1S/C24H22FN3O/c25-20-13-10-19(11-14-20)17-28-22-9-5-4-8-21(22)27-23(28)16-26-24(29)15-12-18-6-2-1-3-7-18/h1-11,13-14H,12,15-17H2,(H,26,29). The molecule has 0 aliphatic carbocycles. The number of imidazole rings is 1. The van der Waals surface area contributed by atoms with E-state index in [4.69, 9.17) is 4.98 Å². The van der Waals surface area contributed by atoms with Crippen molar-refractivity contribution >= 4 is 16.9 Å². The average molecular weight is 387 g/mol. The number of fused-ring (bicyclic) bond motifs is 1. The highest BCUT2D eigenvalue weighted by Crippen LogP contribution is 2.18. The second-order valence-corrected chi connectivity index (χ2v) is 6.99. The van der Waals surface area contributed by atoms with Gasteiger partial charge in [-0.1, -0.05) is 54.6 Å². The summed E-state index contributed by atoms with van der Waals surface area (Å²) < 4.78 is 15.3. The Labute approximate surface area is 169 Å². The normalized spacial score (nSPS) is 10.9. The van der Waals surface area contributed by atoms with Crippen LogP contribution in [0.25, 0.3) is 11.0 Å². The predicted molar refractivity (Wildman–Crippen MR) is 112 cm³/mol. The highest BCUT2D eigenvalue weighted by molar-refractivity contribution is 5.77. The maximum absolute atomic E-state index is 13.2.